The predicted molar refractivity (Wildman–Crippen MR) is 471 cm³/mol. The third-order valence-electron chi connectivity index (χ3n) is 30.4. The van der Waals surface area contributed by atoms with Crippen LogP contribution >= 0.6 is 55.4 Å². The summed E-state index contributed by atoms with van der Waals surface area (Å²) in [5.74, 6) is 5.07. The lowest BCUT2D eigenvalue weighted by molar-refractivity contribution is -0.162. The molecule has 120 heavy (non-hydrogen) atoms. The van der Waals surface area contributed by atoms with Crippen LogP contribution in [0.2, 0.25) is 0 Å². The molecule has 15 fully saturated rings. The Hall–Kier alpha value is -5.07. The van der Waals surface area contributed by atoms with Crippen LogP contribution in [0.15, 0.2) is 80.6 Å². The molecule has 8 heterocycles. The Balaban J connectivity index is 0.000000152. The molecule has 25 heteroatoms. The summed E-state index contributed by atoms with van der Waals surface area (Å²) >= 11 is 10.1. The van der Waals surface area contributed by atoms with Crippen LogP contribution in [0.25, 0.3) is 12.2 Å². The van der Waals surface area contributed by atoms with Crippen molar-refractivity contribution < 1.29 is 86.2 Å². The molecular weight excluding hydrogens is 1740 g/mol. The number of carboxylic acid groups (broad SMARTS) is 1. The normalized spacial score (nSPS) is 38.8. The molecule has 21 nitrogen and oxygen atoms in total. The molecule has 0 aromatic carbocycles. The number of carbonyl (C=O) groups excluding carboxylic acids is 6. The van der Waals surface area contributed by atoms with E-state index < -0.39 is 25.1 Å². The number of esters is 5. The first-order valence-electron chi connectivity index (χ1n) is 44.4. The lowest BCUT2D eigenvalue weighted by Crippen LogP contribution is -2.54. The van der Waals surface area contributed by atoms with Crippen LogP contribution in [0.4, 0.5) is 0 Å². The molecule has 3 aromatic heterocycles. The maximum Gasteiger partial charge on any atom is 0.338 e. The molecule has 5 saturated heterocycles. The van der Waals surface area contributed by atoms with E-state index in [9.17, 15) is 53.4 Å². The molecule has 666 valence electrons. The number of hydrogen-bond donors (Lipinski definition) is 3. The zero-order valence-corrected chi connectivity index (χ0v) is 74.9. The first-order chi connectivity index (χ1) is 56.2. The Morgan fingerprint density at radius 2 is 0.867 bits per heavy atom. The van der Waals surface area contributed by atoms with Crippen molar-refractivity contribution in [2.24, 2.45) is 142 Å². The number of carboxylic acids is 1. The van der Waals surface area contributed by atoms with Crippen molar-refractivity contribution in [1.29, 1.82) is 0 Å². The number of carbonyl (C=O) groups is 7. The van der Waals surface area contributed by atoms with Crippen LogP contribution in [0, 0.1) is 142 Å². The average molecular weight is 1880 g/mol. The Labute approximate surface area is 738 Å². The van der Waals surface area contributed by atoms with Gasteiger partial charge < -0.3 is 52.8 Å². The summed E-state index contributed by atoms with van der Waals surface area (Å²) in [6.07, 6.45) is 43.4. The van der Waals surface area contributed by atoms with Crippen molar-refractivity contribution in [3.05, 3.63) is 97.6 Å². The van der Waals surface area contributed by atoms with Crippen molar-refractivity contribution in [3.63, 3.8) is 0 Å². The minimum absolute atomic E-state index is 0. The van der Waals surface area contributed by atoms with E-state index in [-0.39, 0.29) is 160 Å². The molecule has 0 bridgehead atoms. The van der Waals surface area contributed by atoms with E-state index in [0.717, 1.165) is 88.9 Å². The van der Waals surface area contributed by atoms with Gasteiger partial charge in [0.15, 0.2) is 5.60 Å². The first-order valence-corrected chi connectivity index (χ1v) is 48.5. The highest BCUT2D eigenvalue weighted by atomic mass is 79.9. The van der Waals surface area contributed by atoms with Gasteiger partial charge in [0.2, 0.25) is 0 Å². The largest absolute Gasteiger partial charge is 0.481 e. The predicted octanol–water partition coefficient (Wildman–Crippen LogP) is 20.6. The molecule has 30 atom stereocenters. The summed E-state index contributed by atoms with van der Waals surface area (Å²) in [6.45, 7) is 14.3. The van der Waals surface area contributed by atoms with Gasteiger partial charge in [0.1, 0.15) is 36.8 Å². The van der Waals surface area contributed by atoms with E-state index in [1.54, 1.807) is 32.3 Å². The van der Waals surface area contributed by atoms with Crippen LogP contribution in [-0.2, 0) is 77.0 Å². The van der Waals surface area contributed by atoms with Gasteiger partial charge in [0.05, 0.1) is 66.0 Å². The van der Waals surface area contributed by atoms with Crippen LogP contribution in [0.1, 0.15) is 248 Å². The van der Waals surface area contributed by atoms with E-state index in [1.807, 2.05) is 70.3 Å². The van der Waals surface area contributed by atoms with Crippen molar-refractivity contribution in [2.45, 2.75) is 274 Å². The number of cyclic esters (lactones) is 5. The fraction of sp³-hybridized carbons (Fsp3) is 0.726. The van der Waals surface area contributed by atoms with Gasteiger partial charge in [-0.25, -0.2) is 4.79 Å². The highest BCUT2D eigenvalue weighted by Gasteiger charge is 2.64. The van der Waals surface area contributed by atoms with E-state index >= 15 is 0 Å². The van der Waals surface area contributed by atoms with Crippen LogP contribution in [0.3, 0.4) is 0 Å². The zero-order valence-electron chi connectivity index (χ0n) is 69.2. The fourth-order valence-corrected chi connectivity index (χ4v) is 28.0. The number of allylic oxidation sites excluding steroid dienone is 2. The van der Waals surface area contributed by atoms with Gasteiger partial charge in [-0.05, 0) is 286 Å². The van der Waals surface area contributed by atoms with Crippen molar-refractivity contribution >= 4 is 110 Å². The number of rotatable bonds is 13. The molecule has 3 N–H and O–H groups in total. The molecule has 18 rings (SSSR count). The number of hydrogen-bond acceptors (Lipinski definition) is 20. The van der Waals surface area contributed by atoms with Gasteiger partial charge >= 0.3 is 43.4 Å². The third kappa shape index (κ3) is 21.6. The Kier molecular flexibility index (Phi) is 35.1. The van der Waals surface area contributed by atoms with E-state index in [0.29, 0.717) is 96.3 Å². The minimum atomic E-state index is -3.03. The van der Waals surface area contributed by atoms with Gasteiger partial charge in [-0.15, -0.1) is 0 Å². The number of aromatic nitrogens is 3. The number of nitrogens with zero attached hydrogens (tertiary/aromatic N) is 3. The molecule has 0 unspecified atom stereocenters. The first kappa shape index (κ1) is 97.1. The summed E-state index contributed by atoms with van der Waals surface area (Å²) in [5.41, 5.74) is 1.25. The molecule has 0 spiro atoms. The molecule has 3 aromatic rings. The number of ether oxygens (including phenoxy) is 5. The molecular formula is C95H137Br3N3O18P. The van der Waals surface area contributed by atoms with E-state index in [4.69, 9.17) is 32.7 Å². The summed E-state index contributed by atoms with van der Waals surface area (Å²) in [4.78, 5) is 96.3. The Morgan fingerprint density at radius 1 is 0.492 bits per heavy atom. The number of pyridine rings is 3. The van der Waals surface area contributed by atoms with Crippen LogP contribution < -0.4 is 0 Å². The molecule has 10 saturated carbocycles. The molecule has 10 aliphatic carbocycles. The highest BCUT2D eigenvalue weighted by Crippen LogP contribution is 2.60. The molecule has 0 amide bonds. The number of aliphatic carboxylic acids is 1. The second kappa shape index (κ2) is 43.4. The number of fused-ring (bicyclic) bond motifs is 10. The minimum Gasteiger partial charge on any atom is -0.481 e. The summed E-state index contributed by atoms with van der Waals surface area (Å²) in [5, 5.41) is 30.4. The number of aldehydes is 1. The fourth-order valence-electron chi connectivity index (χ4n) is 25.6. The average Bonchev–Trinajstić information content (AvgIpc) is 1.55. The highest BCUT2D eigenvalue weighted by molar-refractivity contribution is 9.11. The lowest BCUT2D eigenvalue weighted by Gasteiger charge is -2.48. The Bertz CT molecular complexity index is 4010. The third-order valence-corrected chi connectivity index (χ3v) is 33.8. The second-order valence-corrected chi connectivity index (χ2v) is 41.5. The van der Waals surface area contributed by atoms with Crippen LogP contribution in [-0.4, -0.2) is 128 Å². The van der Waals surface area contributed by atoms with Gasteiger partial charge in [-0.2, -0.15) is 0 Å². The maximum atomic E-state index is 12.4. The maximum absolute atomic E-state index is 12.4. The standard InChI is InChI=1S/C20H24BrNO3.C20H24BrNO2.C14H20O4.C14H22O3.C14H20O3.C10H15BrNO3P.3CH4/c1-12-18-17(9-8-15-7-6-14(21)11-22-15)16-5-3-2-4-13(16)10-20(18,24)19(23)25-12;1-12-19-17(9-8-15-7-6-14(21)11-22-15)16-5-3-2-4-13(16)10-18(19)20(23)24-12;1-7-11-10(14(17)18-7)6-8-4-2-3-5-9(8)12(11)13(15)16;2*1-8-13-11(14(16)17-8)6-9-4-2-3-5-10(9)12(13)7-15;1-3-14-16(13,15-4-2)8-10-6-5-9(11)7-12-10;;;/h6-9,11-13,16-18,24H,2-5,10H2,1H3;6-9,11-13,16-19H,2-5,10H2,1H3;7-12H,2-6H2,1H3,(H,15,16);8-13,15H,2-7H2,1H3;7-13H,2-6H2,1H3;5-7H,3-4,8H2,1-2H3;3*1H4/b2*9-8+;;;;;;;/t12-,13+,16-,17+,18+,20+;12-,13+,16-,17+,18-,19+;7-,8+,9-,10-,11-,12+;2*8-,9+,10-,11-,12+,13-;;;;/m11111..../s1. The van der Waals surface area contributed by atoms with Crippen molar-refractivity contribution in [3.8, 4) is 0 Å². The number of aliphatic hydroxyl groups is 2. The monoisotopic (exact) mass is 1880 g/mol. The number of aliphatic hydroxyl groups excluding tert-OH is 1. The topological polar surface area (TPSA) is 301 Å². The van der Waals surface area contributed by atoms with Gasteiger partial charge in [-0.1, -0.05) is 131 Å². The lowest BCUT2D eigenvalue weighted by atomic mass is 9.56. The SMILES string of the molecule is C.C.C.CCOP(=O)(Cc1ccc(Br)cn1)OCC.C[C@H]1OC(=O)[C@@H]2C[C@@H]3CCCC[C@H]3[C@H](/C=C/c3ccc(Br)cn3)[C@H]12.C[C@H]1OC(=O)[C@@H]2C[C@@H]3CCCC[C@H]3[C@H](C(=O)O)[C@H]12.C[C@H]1OC(=O)[C@@H]2C[C@@H]3CCCC[C@H]3[C@H](C=O)[C@H]12.C[C@H]1OC(=O)[C@@H]2C[C@@H]3CCCC[C@H]3[C@H](CO)[C@H]12.C[C@H]1OC(=O)[C@]2(O)C[C@@H]3CCCC[C@H]3[C@H](/C=C/c3ccc(Br)cn3)[C@H]12. The van der Waals surface area contributed by atoms with Crippen LogP contribution in [0.5, 0.6) is 0 Å². The molecule has 5 aliphatic heterocycles. The quantitative estimate of drug-likeness (QED) is 0.0620. The number of halogens is 3. The van der Waals surface area contributed by atoms with Crippen molar-refractivity contribution in [2.75, 3.05) is 19.8 Å². The second-order valence-electron chi connectivity index (χ2n) is 36.7. The van der Waals surface area contributed by atoms with E-state index in [2.05, 4.69) is 87.9 Å². The van der Waals surface area contributed by atoms with Gasteiger partial charge in [0.25, 0.3) is 0 Å². The zero-order chi connectivity index (χ0) is 83.1. The molecule has 0 radical (unpaired) electrons. The summed E-state index contributed by atoms with van der Waals surface area (Å²) in [7, 11) is -3.03. The summed E-state index contributed by atoms with van der Waals surface area (Å²) in [6, 6.07) is 11.6. The van der Waals surface area contributed by atoms with Gasteiger partial charge in [0, 0.05) is 74.1 Å². The van der Waals surface area contributed by atoms with E-state index in [1.165, 1.54) is 96.3 Å². The molecule has 15 aliphatic rings. The smallest absolute Gasteiger partial charge is 0.338 e. The summed E-state index contributed by atoms with van der Waals surface area (Å²) < 4.78 is 52.5. The Morgan fingerprint density at radius 3 is 1.31 bits per heavy atom. The van der Waals surface area contributed by atoms with Crippen molar-refractivity contribution in [1.82, 2.24) is 15.0 Å². The van der Waals surface area contributed by atoms with Gasteiger partial charge in [-0.3, -0.25) is 43.5 Å².